The normalized spacial score (nSPS) is 17.9. The van der Waals surface area contributed by atoms with Gasteiger partial charge in [-0.2, -0.15) is 5.10 Å². The van der Waals surface area contributed by atoms with E-state index in [4.69, 9.17) is 4.84 Å². The molecule has 1 aromatic rings. The second kappa shape index (κ2) is 7.08. The summed E-state index contributed by atoms with van der Waals surface area (Å²) in [5.41, 5.74) is 1.55. The first-order valence-electron chi connectivity index (χ1n) is 7.31. The molecule has 124 valence electrons. The Morgan fingerprint density at radius 2 is 2.39 bits per heavy atom. The highest BCUT2D eigenvalue weighted by Gasteiger charge is 2.33. The number of likely N-dealkylation sites (N-methyl/N-ethyl adjacent to an activating group) is 1. The Balaban J connectivity index is 1.89. The number of hydrogen-bond acceptors (Lipinski definition) is 5. The van der Waals surface area contributed by atoms with E-state index in [1.807, 2.05) is 20.2 Å². The van der Waals surface area contributed by atoms with Crippen molar-refractivity contribution in [2.24, 2.45) is 12.2 Å². The molecule has 2 rings (SSSR count). The molecule has 2 amide bonds. The number of carbonyl (C=O) groups is 2. The SMILES string of the molecule is C=CC(=O)NCC(C)N(C)C(=O)C1CC(c2cnn(C)c2)=NO1. The molecule has 2 atom stereocenters. The third-order valence-corrected chi connectivity index (χ3v) is 3.75. The van der Waals surface area contributed by atoms with Gasteiger partial charge in [-0.1, -0.05) is 11.7 Å². The highest BCUT2D eigenvalue weighted by Crippen LogP contribution is 2.18. The predicted molar refractivity (Wildman–Crippen MR) is 84.7 cm³/mol. The molecule has 0 fully saturated rings. The maximum absolute atomic E-state index is 12.5. The van der Waals surface area contributed by atoms with E-state index >= 15 is 0 Å². The fourth-order valence-electron chi connectivity index (χ4n) is 2.15. The summed E-state index contributed by atoms with van der Waals surface area (Å²) >= 11 is 0. The van der Waals surface area contributed by atoms with Crippen LogP contribution in [0, 0.1) is 0 Å². The highest BCUT2D eigenvalue weighted by molar-refractivity contribution is 6.03. The van der Waals surface area contributed by atoms with Crippen molar-refractivity contribution in [3.8, 4) is 0 Å². The van der Waals surface area contributed by atoms with Gasteiger partial charge in [0.15, 0.2) is 0 Å². The van der Waals surface area contributed by atoms with Crippen LogP contribution in [0.2, 0.25) is 0 Å². The van der Waals surface area contributed by atoms with Gasteiger partial charge >= 0.3 is 0 Å². The third kappa shape index (κ3) is 3.97. The topological polar surface area (TPSA) is 88.8 Å². The van der Waals surface area contributed by atoms with Crippen molar-refractivity contribution < 1.29 is 14.4 Å². The molecule has 8 heteroatoms. The van der Waals surface area contributed by atoms with E-state index in [-0.39, 0.29) is 17.9 Å². The summed E-state index contributed by atoms with van der Waals surface area (Å²) in [5, 5.41) is 10.7. The molecule has 8 nitrogen and oxygen atoms in total. The van der Waals surface area contributed by atoms with Gasteiger partial charge in [-0.15, -0.1) is 0 Å². The number of aromatic nitrogens is 2. The van der Waals surface area contributed by atoms with Crippen molar-refractivity contribution in [2.45, 2.75) is 25.5 Å². The lowest BCUT2D eigenvalue weighted by Crippen LogP contribution is -2.46. The molecule has 0 aliphatic carbocycles. The number of rotatable bonds is 6. The number of nitrogens with one attached hydrogen (secondary N) is 1. The van der Waals surface area contributed by atoms with Gasteiger partial charge in [-0.25, -0.2) is 0 Å². The van der Waals surface area contributed by atoms with Gasteiger partial charge in [-0.3, -0.25) is 14.3 Å². The fraction of sp³-hybridized carbons (Fsp3) is 0.467. The molecule has 0 saturated carbocycles. The molecule has 1 aromatic heterocycles. The second-order valence-corrected chi connectivity index (χ2v) is 5.49. The summed E-state index contributed by atoms with van der Waals surface area (Å²) in [6.07, 6.45) is 4.47. The molecule has 0 spiro atoms. The highest BCUT2D eigenvalue weighted by atomic mass is 16.6. The lowest BCUT2D eigenvalue weighted by Gasteiger charge is -2.26. The van der Waals surface area contributed by atoms with Crippen molar-refractivity contribution in [3.63, 3.8) is 0 Å². The molecule has 0 aromatic carbocycles. The Bertz CT molecular complexity index is 637. The first-order chi connectivity index (χ1) is 10.9. The van der Waals surface area contributed by atoms with Gasteiger partial charge in [-0.05, 0) is 13.0 Å². The molecule has 23 heavy (non-hydrogen) atoms. The molecule has 1 N–H and O–H groups in total. The zero-order chi connectivity index (χ0) is 17.0. The maximum Gasteiger partial charge on any atom is 0.266 e. The zero-order valence-electron chi connectivity index (χ0n) is 13.5. The maximum atomic E-state index is 12.5. The smallest absolute Gasteiger partial charge is 0.266 e. The average molecular weight is 319 g/mol. The minimum Gasteiger partial charge on any atom is -0.382 e. The number of carbonyl (C=O) groups excluding carboxylic acids is 2. The van der Waals surface area contributed by atoms with E-state index in [0.717, 1.165) is 5.56 Å². The van der Waals surface area contributed by atoms with Gasteiger partial charge < -0.3 is 15.1 Å². The number of hydrogen-bond donors (Lipinski definition) is 1. The first-order valence-corrected chi connectivity index (χ1v) is 7.31. The monoisotopic (exact) mass is 319 g/mol. The molecule has 0 saturated heterocycles. The number of aryl methyl sites for hydroxylation is 1. The van der Waals surface area contributed by atoms with Crippen LogP contribution in [0.4, 0.5) is 0 Å². The summed E-state index contributed by atoms with van der Waals surface area (Å²) in [5.74, 6) is -0.440. The zero-order valence-corrected chi connectivity index (χ0v) is 13.5. The van der Waals surface area contributed by atoms with Crippen LogP contribution in [0.5, 0.6) is 0 Å². The van der Waals surface area contributed by atoms with E-state index in [1.54, 1.807) is 22.8 Å². The Kier molecular flexibility index (Phi) is 5.15. The second-order valence-electron chi connectivity index (χ2n) is 5.49. The molecule has 2 heterocycles. The van der Waals surface area contributed by atoms with Gasteiger partial charge in [0.1, 0.15) is 0 Å². The van der Waals surface area contributed by atoms with Crippen molar-refractivity contribution in [1.82, 2.24) is 20.0 Å². The summed E-state index contributed by atoms with van der Waals surface area (Å²) in [4.78, 5) is 30.5. The van der Waals surface area contributed by atoms with E-state index in [9.17, 15) is 9.59 Å². The fourth-order valence-corrected chi connectivity index (χ4v) is 2.15. The molecular formula is C15H21N5O3. The minimum absolute atomic E-state index is 0.169. The Morgan fingerprint density at radius 1 is 1.65 bits per heavy atom. The van der Waals surface area contributed by atoms with Crippen LogP contribution in [-0.4, -0.2) is 57.9 Å². The van der Waals surface area contributed by atoms with E-state index < -0.39 is 6.10 Å². The Morgan fingerprint density at radius 3 is 3.00 bits per heavy atom. The van der Waals surface area contributed by atoms with Crippen LogP contribution >= 0.6 is 0 Å². The first kappa shape index (κ1) is 16.7. The van der Waals surface area contributed by atoms with Crippen LogP contribution in [0.15, 0.2) is 30.2 Å². The minimum atomic E-state index is -0.646. The van der Waals surface area contributed by atoms with Crippen LogP contribution in [-0.2, 0) is 21.5 Å². The molecule has 2 unspecified atom stereocenters. The van der Waals surface area contributed by atoms with Crippen molar-refractivity contribution in [2.75, 3.05) is 13.6 Å². The average Bonchev–Trinajstić information content (AvgIpc) is 3.19. The van der Waals surface area contributed by atoms with Crippen LogP contribution in [0.3, 0.4) is 0 Å². The molecule has 1 aliphatic heterocycles. The van der Waals surface area contributed by atoms with Crippen LogP contribution in [0.25, 0.3) is 0 Å². The summed E-state index contributed by atoms with van der Waals surface area (Å²) in [7, 11) is 3.49. The quantitative estimate of drug-likeness (QED) is 0.751. The van der Waals surface area contributed by atoms with Crippen molar-refractivity contribution in [3.05, 3.63) is 30.6 Å². The third-order valence-electron chi connectivity index (χ3n) is 3.75. The molecule has 1 aliphatic rings. The number of nitrogens with zero attached hydrogens (tertiary/aromatic N) is 4. The van der Waals surface area contributed by atoms with Gasteiger partial charge in [0.05, 0.1) is 11.9 Å². The van der Waals surface area contributed by atoms with Crippen molar-refractivity contribution in [1.29, 1.82) is 0 Å². The van der Waals surface area contributed by atoms with Gasteiger partial charge in [0.25, 0.3) is 5.91 Å². The summed E-state index contributed by atoms with van der Waals surface area (Å²) in [6.45, 7) is 5.58. The van der Waals surface area contributed by atoms with E-state index in [0.29, 0.717) is 18.7 Å². The summed E-state index contributed by atoms with van der Waals surface area (Å²) < 4.78 is 1.67. The molecule has 0 bridgehead atoms. The standard InChI is InChI=1S/C15H21N5O3/c1-5-14(21)16-7-10(2)20(4)15(22)13-6-12(18-23-13)11-8-17-19(3)9-11/h5,8-10,13H,1,6-7H2,2-4H3,(H,16,21). The van der Waals surface area contributed by atoms with Crippen molar-refractivity contribution >= 4 is 17.5 Å². The van der Waals surface area contributed by atoms with Gasteiger partial charge in [0, 0.05) is 44.9 Å². The molecular weight excluding hydrogens is 298 g/mol. The predicted octanol–water partition coefficient (Wildman–Crippen LogP) is 0.0622. The number of amides is 2. The van der Waals surface area contributed by atoms with E-state index in [2.05, 4.69) is 22.2 Å². The Hall–Kier alpha value is -2.64. The Labute approximate surface area is 134 Å². The lowest BCUT2D eigenvalue weighted by molar-refractivity contribution is -0.142. The van der Waals surface area contributed by atoms with Gasteiger partial charge in [0.2, 0.25) is 12.0 Å². The van der Waals surface area contributed by atoms with Crippen LogP contribution < -0.4 is 5.32 Å². The van der Waals surface area contributed by atoms with Crippen LogP contribution in [0.1, 0.15) is 18.9 Å². The lowest BCUT2D eigenvalue weighted by atomic mass is 10.1. The molecule has 0 radical (unpaired) electrons. The largest absolute Gasteiger partial charge is 0.382 e. The summed E-state index contributed by atoms with van der Waals surface area (Å²) in [6, 6.07) is -0.169. The number of oxime groups is 1. The van der Waals surface area contributed by atoms with E-state index in [1.165, 1.54) is 6.08 Å².